The molecule has 4 nitrogen and oxygen atoms in total. The van der Waals surface area contributed by atoms with Gasteiger partial charge in [0.1, 0.15) is 5.41 Å². The minimum absolute atomic E-state index is 0.0257. The van der Waals surface area contributed by atoms with Crippen molar-refractivity contribution in [3.8, 4) is 0 Å². The summed E-state index contributed by atoms with van der Waals surface area (Å²) in [5, 5.41) is 3.88. The van der Waals surface area contributed by atoms with E-state index in [2.05, 4.69) is 9.88 Å². The predicted octanol–water partition coefficient (Wildman–Crippen LogP) is 2.20. The van der Waals surface area contributed by atoms with Crippen LogP contribution in [0.3, 0.4) is 0 Å². The number of carbonyl (C=O) groups is 2. The van der Waals surface area contributed by atoms with Crippen molar-refractivity contribution in [2.75, 3.05) is 6.54 Å². The normalized spacial score (nSPS) is 25.2. The third kappa shape index (κ3) is 1.50. The number of amides is 1. The van der Waals surface area contributed by atoms with Gasteiger partial charge in [-0.05, 0) is 31.7 Å². The summed E-state index contributed by atoms with van der Waals surface area (Å²) in [7, 11) is 2.01. The van der Waals surface area contributed by atoms with Gasteiger partial charge in [0.05, 0.1) is 0 Å². The van der Waals surface area contributed by atoms with Crippen LogP contribution in [0.4, 0.5) is 0 Å². The van der Waals surface area contributed by atoms with E-state index in [9.17, 15) is 9.59 Å². The van der Waals surface area contributed by atoms with Crippen molar-refractivity contribution in [3.05, 3.63) is 35.5 Å². The van der Waals surface area contributed by atoms with Crippen LogP contribution >= 0.6 is 0 Å². The molecule has 0 radical (unpaired) electrons. The average Bonchev–Trinajstić information content (AvgIpc) is 2.80. The molecule has 1 fully saturated rings. The Bertz CT molecular complexity index is 774. The van der Waals surface area contributed by atoms with Crippen LogP contribution in [-0.4, -0.2) is 22.8 Å². The first-order valence-corrected chi connectivity index (χ1v) is 7.54. The SMILES string of the molecule is Cn1c2c(c3ccccc31)C(=O)C1(CCCNC1=O)CC2. The molecule has 1 amide bonds. The largest absolute Gasteiger partial charge is 0.355 e. The van der Waals surface area contributed by atoms with Crippen molar-refractivity contribution < 1.29 is 9.59 Å². The lowest BCUT2D eigenvalue weighted by Gasteiger charge is -2.37. The molecule has 2 aromatic rings. The second kappa shape index (κ2) is 4.20. The van der Waals surface area contributed by atoms with Crippen molar-refractivity contribution >= 4 is 22.6 Å². The molecule has 0 bridgehead atoms. The Morgan fingerprint density at radius 1 is 1.19 bits per heavy atom. The maximum absolute atomic E-state index is 13.2. The fraction of sp³-hybridized carbons (Fsp3) is 0.412. The number of para-hydroxylation sites is 1. The molecule has 1 aliphatic carbocycles. The molecule has 1 atom stereocenters. The summed E-state index contributed by atoms with van der Waals surface area (Å²) >= 11 is 0. The lowest BCUT2D eigenvalue weighted by atomic mass is 9.67. The Kier molecular flexibility index (Phi) is 2.52. The van der Waals surface area contributed by atoms with E-state index in [1.165, 1.54) is 0 Å². The van der Waals surface area contributed by atoms with Crippen molar-refractivity contribution in [1.29, 1.82) is 0 Å². The summed E-state index contributed by atoms with van der Waals surface area (Å²) < 4.78 is 2.11. The average molecular weight is 282 g/mol. The van der Waals surface area contributed by atoms with E-state index in [1.807, 2.05) is 31.3 Å². The van der Waals surface area contributed by atoms with Crippen LogP contribution in [0.25, 0.3) is 10.9 Å². The van der Waals surface area contributed by atoms with Crippen LogP contribution in [0.5, 0.6) is 0 Å². The monoisotopic (exact) mass is 282 g/mol. The first-order valence-electron chi connectivity index (χ1n) is 7.54. The molecule has 4 heteroatoms. The lowest BCUT2D eigenvalue weighted by molar-refractivity contribution is -0.131. The first kappa shape index (κ1) is 12.6. The van der Waals surface area contributed by atoms with Gasteiger partial charge < -0.3 is 9.88 Å². The molecular weight excluding hydrogens is 264 g/mol. The van der Waals surface area contributed by atoms with E-state index in [-0.39, 0.29) is 11.7 Å². The molecule has 1 aromatic heterocycles. The number of benzene rings is 1. The molecule has 108 valence electrons. The third-order valence-corrected chi connectivity index (χ3v) is 5.18. The first-order chi connectivity index (χ1) is 10.1. The van der Waals surface area contributed by atoms with Gasteiger partial charge in [0.2, 0.25) is 5.91 Å². The number of nitrogens with one attached hydrogen (secondary N) is 1. The number of nitrogens with zero attached hydrogens (tertiary/aromatic N) is 1. The van der Waals surface area contributed by atoms with E-state index in [1.54, 1.807) is 0 Å². The summed E-state index contributed by atoms with van der Waals surface area (Å²) in [5.74, 6) is -0.0462. The Balaban J connectivity index is 1.96. The summed E-state index contributed by atoms with van der Waals surface area (Å²) in [6.07, 6.45) is 2.99. The highest BCUT2D eigenvalue weighted by atomic mass is 16.2. The Labute approximate surface area is 123 Å². The van der Waals surface area contributed by atoms with Gasteiger partial charge >= 0.3 is 0 Å². The molecule has 1 unspecified atom stereocenters. The number of ketones is 1. The maximum atomic E-state index is 13.2. The summed E-state index contributed by atoms with van der Waals surface area (Å²) in [6, 6.07) is 7.97. The highest BCUT2D eigenvalue weighted by Gasteiger charge is 2.50. The van der Waals surface area contributed by atoms with Crippen LogP contribution in [0.15, 0.2) is 24.3 Å². The lowest BCUT2D eigenvalue weighted by Crippen LogP contribution is -2.52. The minimum Gasteiger partial charge on any atom is -0.355 e. The number of aryl methyl sites for hydroxylation is 1. The van der Waals surface area contributed by atoms with Gasteiger partial charge in [-0.25, -0.2) is 0 Å². The molecule has 1 aliphatic heterocycles. The number of carbonyl (C=O) groups excluding carboxylic acids is 2. The molecule has 1 spiro atoms. The molecule has 4 rings (SSSR count). The van der Waals surface area contributed by atoms with Gasteiger partial charge in [-0.3, -0.25) is 9.59 Å². The van der Waals surface area contributed by atoms with Gasteiger partial charge in [0, 0.05) is 35.8 Å². The van der Waals surface area contributed by atoms with E-state index in [0.717, 1.165) is 35.0 Å². The van der Waals surface area contributed by atoms with Crippen molar-refractivity contribution in [1.82, 2.24) is 9.88 Å². The van der Waals surface area contributed by atoms with Crippen LogP contribution in [-0.2, 0) is 18.3 Å². The summed E-state index contributed by atoms with van der Waals surface area (Å²) in [6.45, 7) is 0.691. The van der Waals surface area contributed by atoms with Crippen molar-refractivity contribution in [2.24, 2.45) is 12.5 Å². The number of piperidine rings is 1. The third-order valence-electron chi connectivity index (χ3n) is 5.18. The molecule has 0 saturated carbocycles. The fourth-order valence-corrected chi connectivity index (χ4v) is 4.01. The highest BCUT2D eigenvalue weighted by Crippen LogP contribution is 2.43. The molecule has 2 heterocycles. The molecule has 1 N–H and O–H groups in total. The number of Topliss-reactive ketones (excluding diaryl/α,β-unsaturated/α-hetero) is 1. The van der Waals surface area contributed by atoms with E-state index >= 15 is 0 Å². The van der Waals surface area contributed by atoms with Crippen LogP contribution in [0.1, 0.15) is 35.3 Å². The number of fused-ring (bicyclic) bond motifs is 3. The van der Waals surface area contributed by atoms with Crippen LogP contribution < -0.4 is 5.32 Å². The zero-order chi connectivity index (χ0) is 14.6. The number of hydrogen-bond donors (Lipinski definition) is 1. The zero-order valence-corrected chi connectivity index (χ0v) is 12.1. The Morgan fingerprint density at radius 3 is 2.81 bits per heavy atom. The molecule has 21 heavy (non-hydrogen) atoms. The van der Waals surface area contributed by atoms with E-state index < -0.39 is 5.41 Å². The minimum atomic E-state index is -0.824. The fourth-order valence-electron chi connectivity index (χ4n) is 4.01. The topological polar surface area (TPSA) is 51.1 Å². The summed E-state index contributed by atoms with van der Waals surface area (Å²) in [4.78, 5) is 25.6. The molecular formula is C17H18N2O2. The second-order valence-corrected chi connectivity index (χ2v) is 6.17. The second-order valence-electron chi connectivity index (χ2n) is 6.17. The van der Waals surface area contributed by atoms with Gasteiger partial charge in [0.25, 0.3) is 0 Å². The number of aromatic nitrogens is 1. The van der Waals surface area contributed by atoms with Gasteiger partial charge in [-0.2, -0.15) is 0 Å². The highest BCUT2D eigenvalue weighted by molar-refractivity contribution is 6.20. The summed E-state index contributed by atoms with van der Waals surface area (Å²) in [5.41, 5.74) is 2.10. The van der Waals surface area contributed by atoms with Crippen LogP contribution in [0, 0.1) is 5.41 Å². The number of rotatable bonds is 0. The van der Waals surface area contributed by atoms with Gasteiger partial charge in [0.15, 0.2) is 5.78 Å². The van der Waals surface area contributed by atoms with Gasteiger partial charge in [-0.15, -0.1) is 0 Å². The maximum Gasteiger partial charge on any atom is 0.234 e. The Hall–Kier alpha value is -2.10. The van der Waals surface area contributed by atoms with E-state index in [4.69, 9.17) is 0 Å². The smallest absolute Gasteiger partial charge is 0.234 e. The standard InChI is InChI=1S/C17H18N2O2/c1-19-12-6-3-2-5-11(12)14-13(19)7-9-17(15(14)20)8-4-10-18-16(17)21/h2-3,5-6H,4,7-10H2,1H3,(H,18,21). The zero-order valence-electron chi connectivity index (χ0n) is 12.1. The van der Waals surface area contributed by atoms with Crippen LogP contribution in [0.2, 0.25) is 0 Å². The molecule has 1 saturated heterocycles. The Morgan fingerprint density at radius 2 is 2.00 bits per heavy atom. The molecule has 2 aliphatic rings. The van der Waals surface area contributed by atoms with Crippen molar-refractivity contribution in [2.45, 2.75) is 25.7 Å². The quantitative estimate of drug-likeness (QED) is 0.753. The molecule has 1 aromatic carbocycles. The van der Waals surface area contributed by atoms with Gasteiger partial charge in [-0.1, -0.05) is 18.2 Å². The predicted molar refractivity (Wildman–Crippen MR) is 80.2 cm³/mol. The van der Waals surface area contributed by atoms with E-state index in [0.29, 0.717) is 19.4 Å². The number of hydrogen-bond acceptors (Lipinski definition) is 2. The van der Waals surface area contributed by atoms with Crippen molar-refractivity contribution in [3.63, 3.8) is 0 Å².